The summed E-state index contributed by atoms with van der Waals surface area (Å²) in [6.45, 7) is 0. The van der Waals surface area contributed by atoms with Gasteiger partial charge >= 0.3 is 0 Å². The van der Waals surface area contributed by atoms with Gasteiger partial charge < -0.3 is 20.1 Å². The van der Waals surface area contributed by atoms with Gasteiger partial charge in [-0.3, -0.25) is 4.98 Å². The van der Waals surface area contributed by atoms with E-state index >= 15 is 0 Å². The highest BCUT2D eigenvalue weighted by Gasteiger charge is 2.11. The van der Waals surface area contributed by atoms with Crippen molar-refractivity contribution in [1.29, 1.82) is 0 Å². The molecule has 5 heteroatoms. The molecule has 0 atom stereocenters. The Kier molecular flexibility index (Phi) is 3.47. The second-order valence-electron chi connectivity index (χ2n) is 5.01. The molecule has 0 unspecified atom stereocenters. The first-order valence-corrected chi connectivity index (χ1v) is 6.73. The number of aromatic hydroxyl groups is 3. The Morgan fingerprint density at radius 2 is 1.77 bits per heavy atom. The van der Waals surface area contributed by atoms with E-state index in [1.54, 1.807) is 24.5 Å². The Labute approximate surface area is 127 Å². The molecule has 22 heavy (non-hydrogen) atoms. The van der Waals surface area contributed by atoms with Crippen molar-refractivity contribution < 1.29 is 20.1 Å². The van der Waals surface area contributed by atoms with E-state index in [2.05, 4.69) is 4.98 Å². The number of rotatable bonds is 3. The van der Waals surface area contributed by atoms with Gasteiger partial charge in [-0.05, 0) is 41.1 Å². The monoisotopic (exact) mass is 297 g/mol. The lowest BCUT2D eigenvalue weighted by atomic mass is 10.00. The summed E-state index contributed by atoms with van der Waals surface area (Å²) in [4.78, 5) is 4.16. The van der Waals surface area contributed by atoms with E-state index in [1.165, 1.54) is 19.2 Å². The number of pyridine rings is 1. The second-order valence-corrected chi connectivity index (χ2v) is 5.01. The van der Waals surface area contributed by atoms with E-state index in [0.29, 0.717) is 17.6 Å². The zero-order valence-electron chi connectivity index (χ0n) is 11.9. The highest BCUT2D eigenvalue weighted by atomic mass is 16.5. The van der Waals surface area contributed by atoms with Crippen molar-refractivity contribution >= 4 is 10.8 Å². The first-order chi connectivity index (χ1) is 10.6. The zero-order valence-corrected chi connectivity index (χ0v) is 11.9. The smallest absolute Gasteiger partial charge is 0.167 e. The molecule has 1 aromatic heterocycles. The number of nitrogens with zero attached hydrogens (tertiary/aromatic N) is 1. The summed E-state index contributed by atoms with van der Waals surface area (Å²) in [5.74, 6) is 0.147. The van der Waals surface area contributed by atoms with Crippen LogP contribution < -0.4 is 4.74 Å². The number of benzene rings is 2. The fourth-order valence-corrected chi connectivity index (χ4v) is 2.47. The maximum absolute atomic E-state index is 10.2. The maximum atomic E-state index is 10.2. The molecule has 1 heterocycles. The van der Waals surface area contributed by atoms with E-state index in [0.717, 1.165) is 16.5 Å². The average molecular weight is 297 g/mol. The summed E-state index contributed by atoms with van der Waals surface area (Å²) in [6.07, 6.45) is 3.83. The fourth-order valence-electron chi connectivity index (χ4n) is 2.47. The number of hydrogen-bond acceptors (Lipinski definition) is 5. The summed E-state index contributed by atoms with van der Waals surface area (Å²) >= 11 is 0. The number of aromatic nitrogens is 1. The molecule has 3 N–H and O–H groups in total. The Balaban J connectivity index is 2.07. The molecular weight excluding hydrogens is 282 g/mol. The number of ether oxygens (including phenoxy) is 1. The predicted molar refractivity (Wildman–Crippen MR) is 82.5 cm³/mol. The third kappa shape index (κ3) is 2.37. The minimum atomic E-state index is -0.157. The van der Waals surface area contributed by atoms with Gasteiger partial charge in [-0.1, -0.05) is 12.1 Å². The molecule has 5 nitrogen and oxygen atoms in total. The standard InChI is InChI=1S/C17H15NO4/c1-22-16-5-3-12-11(8-18-9-13(12)17(16)21)6-10-2-4-14(19)15(20)7-10/h2-5,7-9,19-21H,6H2,1H3. The van der Waals surface area contributed by atoms with Gasteiger partial charge in [-0.15, -0.1) is 0 Å². The Morgan fingerprint density at radius 3 is 2.50 bits per heavy atom. The van der Waals surface area contributed by atoms with Crippen LogP contribution >= 0.6 is 0 Å². The van der Waals surface area contributed by atoms with Crippen LogP contribution in [0.3, 0.4) is 0 Å². The van der Waals surface area contributed by atoms with Crippen LogP contribution in [0.15, 0.2) is 42.7 Å². The van der Waals surface area contributed by atoms with Crippen LogP contribution in [0.4, 0.5) is 0 Å². The average Bonchev–Trinajstić information content (AvgIpc) is 2.52. The van der Waals surface area contributed by atoms with Gasteiger partial charge in [0.2, 0.25) is 0 Å². The van der Waals surface area contributed by atoms with Crippen molar-refractivity contribution in [3.8, 4) is 23.0 Å². The van der Waals surface area contributed by atoms with E-state index in [4.69, 9.17) is 4.74 Å². The summed E-state index contributed by atoms with van der Waals surface area (Å²) in [7, 11) is 1.50. The fraction of sp³-hybridized carbons (Fsp3) is 0.118. The van der Waals surface area contributed by atoms with Crippen LogP contribution in [0, 0.1) is 0 Å². The number of hydrogen-bond donors (Lipinski definition) is 3. The van der Waals surface area contributed by atoms with Crippen molar-refractivity contribution in [3.63, 3.8) is 0 Å². The minimum absolute atomic E-state index is 0.0582. The minimum Gasteiger partial charge on any atom is -0.504 e. The van der Waals surface area contributed by atoms with Crippen LogP contribution in [0.2, 0.25) is 0 Å². The van der Waals surface area contributed by atoms with E-state index in [-0.39, 0.29) is 17.2 Å². The largest absolute Gasteiger partial charge is 0.504 e. The molecule has 0 radical (unpaired) electrons. The molecule has 0 aliphatic heterocycles. The molecule has 0 aliphatic carbocycles. The van der Waals surface area contributed by atoms with Gasteiger partial charge in [0, 0.05) is 17.8 Å². The zero-order chi connectivity index (χ0) is 15.7. The molecule has 3 rings (SSSR count). The molecule has 0 saturated heterocycles. The molecule has 0 spiro atoms. The number of methoxy groups -OCH3 is 1. The third-order valence-corrected chi connectivity index (χ3v) is 3.61. The van der Waals surface area contributed by atoms with E-state index in [1.807, 2.05) is 6.07 Å². The van der Waals surface area contributed by atoms with Crippen molar-refractivity contribution in [2.24, 2.45) is 0 Å². The van der Waals surface area contributed by atoms with E-state index in [9.17, 15) is 15.3 Å². The lowest BCUT2D eigenvalue weighted by molar-refractivity contribution is 0.376. The lowest BCUT2D eigenvalue weighted by Gasteiger charge is -2.10. The molecule has 2 aromatic carbocycles. The van der Waals surface area contributed by atoms with Crippen LogP contribution in [0.25, 0.3) is 10.8 Å². The topological polar surface area (TPSA) is 82.8 Å². The molecule has 112 valence electrons. The molecule has 0 saturated carbocycles. The van der Waals surface area contributed by atoms with Crippen molar-refractivity contribution in [1.82, 2.24) is 4.98 Å². The molecule has 0 amide bonds. The first kappa shape index (κ1) is 14.0. The molecule has 0 aliphatic rings. The van der Waals surface area contributed by atoms with Gasteiger partial charge in [-0.2, -0.15) is 0 Å². The number of fused-ring (bicyclic) bond motifs is 1. The van der Waals surface area contributed by atoms with Gasteiger partial charge in [0.05, 0.1) is 7.11 Å². The summed E-state index contributed by atoms with van der Waals surface area (Å²) < 4.78 is 5.10. The molecular formula is C17H15NO4. The van der Waals surface area contributed by atoms with Crippen molar-refractivity contribution in [2.45, 2.75) is 6.42 Å². The van der Waals surface area contributed by atoms with Crippen molar-refractivity contribution in [2.75, 3.05) is 7.11 Å². The van der Waals surface area contributed by atoms with Gasteiger partial charge in [0.15, 0.2) is 23.0 Å². The highest BCUT2D eigenvalue weighted by Crippen LogP contribution is 2.36. The van der Waals surface area contributed by atoms with Crippen LogP contribution in [0.5, 0.6) is 23.0 Å². The second kappa shape index (κ2) is 5.44. The van der Waals surface area contributed by atoms with Crippen LogP contribution in [-0.2, 0) is 6.42 Å². The number of phenols is 3. The molecule has 0 fully saturated rings. The summed E-state index contributed by atoms with van der Waals surface area (Å²) in [6, 6.07) is 8.26. The predicted octanol–water partition coefficient (Wildman–Crippen LogP) is 2.95. The molecule has 3 aromatic rings. The summed E-state index contributed by atoms with van der Waals surface area (Å²) in [5, 5.41) is 30.6. The Hall–Kier alpha value is -2.95. The van der Waals surface area contributed by atoms with Crippen LogP contribution in [0.1, 0.15) is 11.1 Å². The Morgan fingerprint density at radius 1 is 0.955 bits per heavy atom. The normalized spacial score (nSPS) is 10.8. The Bertz CT molecular complexity index is 845. The molecule has 0 bridgehead atoms. The lowest BCUT2D eigenvalue weighted by Crippen LogP contribution is -1.93. The highest BCUT2D eigenvalue weighted by molar-refractivity contribution is 5.92. The van der Waals surface area contributed by atoms with E-state index < -0.39 is 0 Å². The summed E-state index contributed by atoms with van der Waals surface area (Å²) in [5.41, 5.74) is 1.74. The van der Waals surface area contributed by atoms with Gasteiger partial charge in [0.1, 0.15) is 0 Å². The van der Waals surface area contributed by atoms with Gasteiger partial charge in [-0.25, -0.2) is 0 Å². The quantitative estimate of drug-likeness (QED) is 0.647. The van der Waals surface area contributed by atoms with Gasteiger partial charge in [0.25, 0.3) is 0 Å². The van der Waals surface area contributed by atoms with Crippen LogP contribution in [-0.4, -0.2) is 27.4 Å². The maximum Gasteiger partial charge on any atom is 0.167 e. The third-order valence-electron chi connectivity index (χ3n) is 3.61. The van der Waals surface area contributed by atoms with Crippen molar-refractivity contribution in [3.05, 3.63) is 53.9 Å². The SMILES string of the molecule is COc1ccc2c(Cc3ccc(O)c(O)c3)cncc2c1O. The number of phenolic OH excluding ortho intramolecular Hbond substituents is 3. The first-order valence-electron chi connectivity index (χ1n) is 6.73.